The average Bonchev–Trinajstić information content (AvgIpc) is 3.11. The summed E-state index contributed by atoms with van der Waals surface area (Å²) in [7, 11) is -3.50. The number of fused-ring (bicyclic) bond motifs is 1. The molecule has 0 unspecified atom stereocenters. The van der Waals surface area contributed by atoms with Gasteiger partial charge in [0.1, 0.15) is 11.0 Å². The van der Waals surface area contributed by atoms with E-state index in [0.29, 0.717) is 26.1 Å². The maximum atomic E-state index is 12.2. The van der Waals surface area contributed by atoms with Crippen molar-refractivity contribution in [1.82, 2.24) is 19.0 Å². The van der Waals surface area contributed by atoms with Crippen molar-refractivity contribution in [1.29, 1.82) is 0 Å². The molecule has 1 aliphatic rings. The van der Waals surface area contributed by atoms with E-state index in [-0.39, 0.29) is 17.7 Å². The smallest absolute Gasteiger partial charge is 0.317 e. The van der Waals surface area contributed by atoms with Gasteiger partial charge in [-0.3, -0.25) is 0 Å². The van der Waals surface area contributed by atoms with Crippen LogP contribution in [-0.2, 0) is 16.6 Å². The molecule has 0 spiro atoms. The van der Waals surface area contributed by atoms with E-state index in [1.807, 2.05) is 18.2 Å². The van der Waals surface area contributed by atoms with Crippen LogP contribution in [0.1, 0.15) is 12.0 Å². The van der Waals surface area contributed by atoms with Gasteiger partial charge in [-0.2, -0.15) is 8.75 Å². The summed E-state index contributed by atoms with van der Waals surface area (Å²) in [5.74, 6) is -0.169. The first-order valence-corrected chi connectivity index (χ1v) is 9.60. The summed E-state index contributed by atoms with van der Waals surface area (Å²) < 4.78 is 30.5. The van der Waals surface area contributed by atoms with Crippen LogP contribution in [0.25, 0.3) is 11.0 Å². The van der Waals surface area contributed by atoms with Gasteiger partial charge in [0.2, 0.25) is 10.0 Å². The summed E-state index contributed by atoms with van der Waals surface area (Å²) in [6.45, 7) is 1.35. The first-order chi connectivity index (χ1) is 10.9. The van der Waals surface area contributed by atoms with Gasteiger partial charge in [0.25, 0.3) is 0 Å². The number of benzene rings is 1. The van der Waals surface area contributed by atoms with E-state index in [1.54, 1.807) is 4.90 Å². The molecule has 8 nitrogen and oxygen atoms in total. The van der Waals surface area contributed by atoms with Crippen molar-refractivity contribution in [3.63, 3.8) is 0 Å². The highest BCUT2D eigenvalue weighted by molar-refractivity contribution is 7.89. The molecule has 10 heteroatoms. The van der Waals surface area contributed by atoms with Crippen molar-refractivity contribution in [3.05, 3.63) is 23.8 Å². The second kappa shape index (κ2) is 6.38. The Morgan fingerprint density at radius 2 is 2.17 bits per heavy atom. The standard InChI is InChI=1S/C13H17N5O3S2/c14-23(20,21)8-10-3-4-18(7-10)13(19)15-6-9-1-2-11-12(5-9)17-22-16-11/h1-2,5,10H,3-4,6-8H2,(H,15,19)(H2,14,20,21)/t10-/m0/s1. The average molecular weight is 355 g/mol. The molecule has 3 N–H and O–H groups in total. The van der Waals surface area contributed by atoms with E-state index >= 15 is 0 Å². The summed E-state index contributed by atoms with van der Waals surface area (Å²) in [6, 6.07) is 5.47. The Bertz CT molecular complexity index is 820. The fourth-order valence-corrected chi connectivity index (χ4v) is 4.16. The highest BCUT2D eigenvalue weighted by atomic mass is 32.2. The van der Waals surface area contributed by atoms with Crippen molar-refractivity contribution in [3.8, 4) is 0 Å². The summed E-state index contributed by atoms with van der Waals surface area (Å²) >= 11 is 1.16. The number of likely N-dealkylation sites (tertiary alicyclic amines) is 1. The highest BCUT2D eigenvalue weighted by Crippen LogP contribution is 2.18. The Morgan fingerprint density at radius 3 is 2.96 bits per heavy atom. The maximum Gasteiger partial charge on any atom is 0.317 e. The lowest BCUT2D eigenvalue weighted by Gasteiger charge is -2.17. The number of urea groups is 1. The minimum atomic E-state index is -3.50. The Balaban J connectivity index is 1.53. The number of sulfonamides is 1. The molecule has 1 aromatic carbocycles. The van der Waals surface area contributed by atoms with Crippen LogP contribution in [0.15, 0.2) is 18.2 Å². The van der Waals surface area contributed by atoms with Crippen LogP contribution in [0.4, 0.5) is 4.79 Å². The number of primary sulfonamides is 1. The predicted octanol–water partition coefficient (Wildman–Crippen LogP) is 0.511. The van der Waals surface area contributed by atoms with Gasteiger partial charge in [0.05, 0.1) is 17.5 Å². The summed E-state index contributed by atoms with van der Waals surface area (Å²) in [4.78, 5) is 13.8. The molecular weight excluding hydrogens is 338 g/mol. The monoisotopic (exact) mass is 355 g/mol. The third-order valence-electron chi connectivity index (χ3n) is 3.80. The van der Waals surface area contributed by atoms with Gasteiger partial charge in [-0.25, -0.2) is 18.4 Å². The molecule has 0 aliphatic carbocycles. The van der Waals surface area contributed by atoms with Crippen LogP contribution in [0.2, 0.25) is 0 Å². The van der Waals surface area contributed by atoms with E-state index in [9.17, 15) is 13.2 Å². The molecule has 1 saturated heterocycles. The van der Waals surface area contributed by atoms with Gasteiger partial charge in [-0.05, 0) is 30.0 Å². The Kier molecular flexibility index (Phi) is 4.46. The molecule has 3 rings (SSSR count). The zero-order valence-electron chi connectivity index (χ0n) is 12.3. The van der Waals surface area contributed by atoms with E-state index in [0.717, 1.165) is 28.3 Å². The second-order valence-electron chi connectivity index (χ2n) is 5.68. The minimum Gasteiger partial charge on any atom is -0.334 e. The van der Waals surface area contributed by atoms with E-state index in [1.165, 1.54) is 0 Å². The number of hydrogen-bond acceptors (Lipinski definition) is 6. The molecule has 0 radical (unpaired) electrons. The first-order valence-electron chi connectivity index (χ1n) is 7.15. The molecule has 2 aromatic rings. The Morgan fingerprint density at radius 1 is 1.39 bits per heavy atom. The maximum absolute atomic E-state index is 12.2. The number of carbonyl (C=O) groups is 1. The van der Waals surface area contributed by atoms with Gasteiger partial charge in [0, 0.05) is 19.6 Å². The zero-order valence-corrected chi connectivity index (χ0v) is 13.9. The van der Waals surface area contributed by atoms with Crippen molar-refractivity contribution in [2.45, 2.75) is 13.0 Å². The second-order valence-corrected chi connectivity index (χ2v) is 7.86. The van der Waals surface area contributed by atoms with E-state index in [4.69, 9.17) is 5.14 Å². The lowest BCUT2D eigenvalue weighted by Crippen LogP contribution is -2.38. The quantitative estimate of drug-likeness (QED) is 0.828. The van der Waals surface area contributed by atoms with E-state index in [2.05, 4.69) is 14.1 Å². The Labute approximate surface area is 138 Å². The molecule has 0 bridgehead atoms. The van der Waals surface area contributed by atoms with Gasteiger partial charge in [-0.15, -0.1) is 0 Å². The molecular formula is C13H17N5O3S2. The summed E-state index contributed by atoms with van der Waals surface area (Å²) in [6.07, 6.45) is 0.653. The fraction of sp³-hybridized carbons (Fsp3) is 0.462. The molecule has 0 saturated carbocycles. The molecule has 1 aliphatic heterocycles. The van der Waals surface area contributed by atoms with Crippen molar-refractivity contribution < 1.29 is 13.2 Å². The molecule has 124 valence electrons. The predicted molar refractivity (Wildman–Crippen MR) is 87.3 cm³/mol. The van der Waals surface area contributed by atoms with Crippen LogP contribution >= 0.6 is 11.7 Å². The van der Waals surface area contributed by atoms with Crippen LogP contribution in [0, 0.1) is 5.92 Å². The fourth-order valence-electron chi connectivity index (χ4n) is 2.71. The number of carbonyl (C=O) groups excluding carboxylic acids is 1. The minimum absolute atomic E-state index is 0.0791. The van der Waals surface area contributed by atoms with Gasteiger partial charge in [-0.1, -0.05) is 6.07 Å². The molecule has 2 amide bonds. The third-order valence-corrected chi connectivity index (χ3v) is 5.30. The van der Waals surface area contributed by atoms with Crippen molar-refractivity contribution in [2.24, 2.45) is 11.1 Å². The number of hydrogen-bond donors (Lipinski definition) is 2. The van der Waals surface area contributed by atoms with Crippen LogP contribution in [-0.4, -0.2) is 46.9 Å². The highest BCUT2D eigenvalue weighted by Gasteiger charge is 2.28. The van der Waals surface area contributed by atoms with Crippen LogP contribution in [0.3, 0.4) is 0 Å². The lowest BCUT2D eigenvalue weighted by atomic mass is 10.2. The molecule has 1 aromatic heterocycles. The molecule has 1 fully saturated rings. The van der Waals surface area contributed by atoms with Gasteiger partial charge in [0.15, 0.2) is 0 Å². The number of amides is 2. The summed E-state index contributed by atoms with van der Waals surface area (Å²) in [5.41, 5.74) is 2.60. The number of rotatable bonds is 4. The van der Waals surface area contributed by atoms with Crippen molar-refractivity contribution >= 4 is 38.8 Å². The number of nitrogens with two attached hydrogens (primary N) is 1. The number of nitrogens with zero attached hydrogens (tertiary/aromatic N) is 3. The summed E-state index contributed by atoms with van der Waals surface area (Å²) in [5, 5.41) is 7.89. The largest absolute Gasteiger partial charge is 0.334 e. The normalized spacial score (nSPS) is 18.5. The van der Waals surface area contributed by atoms with Crippen LogP contribution < -0.4 is 10.5 Å². The van der Waals surface area contributed by atoms with E-state index < -0.39 is 10.0 Å². The van der Waals surface area contributed by atoms with Gasteiger partial charge >= 0.3 is 6.03 Å². The molecule has 1 atom stereocenters. The van der Waals surface area contributed by atoms with Crippen molar-refractivity contribution in [2.75, 3.05) is 18.8 Å². The SMILES string of the molecule is NS(=O)(=O)C[C@H]1CCN(C(=O)NCc2ccc3nsnc3c2)C1. The lowest BCUT2D eigenvalue weighted by molar-refractivity contribution is 0.207. The first kappa shape index (κ1) is 16.1. The third kappa shape index (κ3) is 4.15. The molecule has 23 heavy (non-hydrogen) atoms. The topological polar surface area (TPSA) is 118 Å². The number of aromatic nitrogens is 2. The Hall–Kier alpha value is -1.78. The van der Waals surface area contributed by atoms with Gasteiger partial charge < -0.3 is 10.2 Å². The van der Waals surface area contributed by atoms with Crippen LogP contribution in [0.5, 0.6) is 0 Å². The zero-order chi connectivity index (χ0) is 16.4. The number of nitrogens with one attached hydrogen (secondary N) is 1. The molecule has 2 heterocycles.